The van der Waals surface area contributed by atoms with E-state index in [1.807, 2.05) is 24.3 Å². The van der Waals surface area contributed by atoms with Crippen molar-refractivity contribution >= 4 is 28.0 Å². The standard InChI is InChI=1S/C13H8N2OS/c16-13(12-7-14-8-17-12)10-3-4-11-9(6-10)2-1-5-15-11/h1-8H. The number of ketones is 1. The average Bonchev–Trinajstić information content (AvgIpc) is 2.91. The molecule has 3 nitrogen and oxygen atoms in total. The summed E-state index contributed by atoms with van der Waals surface area (Å²) in [6, 6.07) is 9.35. The van der Waals surface area contributed by atoms with Gasteiger partial charge in [-0.25, -0.2) is 0 Å². The Morgan fingerprint density at radius 1 is 1.24 bits per heavy atom. The Bertz CT molecular complexity index is 677. The lowest BCUT2D eigenvalue weighted by atomic mass is 10.1. The van der Waals surface area contributed by atoms with Gasteiger partial charge in [0, 0.05) is 23.3 Å². The molecule has 0 radical (unpaired) electrons. The first kappa shape index (κ1) is 10.1. The second-order valence-electron chi connectivity index (χ2n) is 3.61. The number of hydrogen-bond acceptors (Lipinski definition) is 4. The molecule has 0 aliphatic carbocycles. The fourth-order valence-electron chi connectivity index (χ4n) is 1.69. The molecule has 0 aliphatic heterocycles. The molecule has 0 atom stereocenters. The molecule has 0 aliphatic rings. The molecule has 82 valence electrons. The Morgan fingerprint density at radius 2 is 2.18 bits per heavy atom. The first-order valence-electron chi connectivity index (χ1n) is 5.12. The lowest BCUT2D eigenvalue weighted by Crippen LogP contribution is -1.98. The minimum absolute atomic E-state index is 0.0123. The number of benzene rings is 1. The minimum atomic E-state index is 0.0123. The van der Waals surface area contributed by atoms with Gasteiger partial charge in [-0.05, 0) is 24.3 Å². The van der Waals surface area contributed by atoms with E-state index in [2.05, 4.69) is 9.97 Å². The number of pyridine rings is 1. The first-order chi connectivity index (χ1) is 8.34. The molecular weight excluding hydrogens is 232 g/mol. The van der Waals surface area contributed by atoms with Gasteiger partial charge in [0.05, 0.1) is 15.9 Å². The number of rotatable bonds is 2. The molecule has 0 fully saturated rings. The average molecular weight is 240 g/mol. The number of thiazole rings is 1. The minimum Gasteiger partial charge on any atom is -0.288 e. The van der Waals surface area contributed by atoms with Gasteiger partial charge < -0.3 is 0 Å². The van der Waals surface area contributed by atoms with Gasteiger partial charge in [0.2, 0.25) is 5.78 Å². The maximum Gasteiger partial charge on any atom is 0.204 e. The topological polar surface area (TPSA) is 42.9 Å². The molecule has 0 spiro atoms. The van der Waals surface area contributed by atoms with Crippen LogP contribution in [0.5, 0.6) is 0 Å². The van der Waals surface area contributed by atoms with E-state index in [1.165, 1.54) is 11.3 Å². The SMILES string of the molecule is O=C(c1ccc2ncccc2c1)c1cncs1. The van der Waals surface area contributed by atoms with Crippen molar-refractivity contribution in [2.24, 2.45) is 0 Å². The van der Waals surface area contributed by atoms with Crippen LogP contribution in [0.2, 0.25) is 0 Å². The van der Waals surface area contributed by atoms with E-state index in [1.54, 1.807) is 24.0 Å². The predicted molar refractivity (Wildman–Crippen MR) is 67.3 cm³/mol. The zero-order valence-corrected chi connectivity index (χ0v) is 9.65. The summed E-state index contributed by atoms with van der Waals surface area (Å²) in [6.07, 6.45) is 3.34. The molecule has 0 saturated carbocycles. The van der Waals surface area contributed by atoms with E-state index >= 15 is 0 Å². The molecule has 3 aromatic rings. The van der Waals surface area contributed by atoms with Gasteiger partial charge in [-0.2, -0.15) is 0 Å². The van der Waals surface area contributed by atoms with Crippen LogP contribution >= 0.6 is 11.3 Å². The van der Waals surface area contributed by atoms with E-state index < -0.39 is 0 Å². The van der Waals surface area contributed by atoms with Crippen LogP contribution in [0.25, 0.3) is 10.9 Å². The quantitative estimate of drug-likeness (QED) is 0.647. The van der Waals surface area contributed by atoms with Gasteiger partial charge in [0.15, 0.2) is 0 Å². The van der Waals surface area contributed by atoms with Crippen molar-refractivity contribution in [3.8, 4) is 0 Å². The summed E-state index contributed by atoms with van der Waals surface area (Å²) in [4.78, 5) is 20.9. The second-order valence-corrected chi connectivity index (χ2v) is 4.49. The number of fused-ring (bicyclic) bond motifs is 1. The van der Waals surface area contributed by atoms with Gasteiger partial charge in [0.1, 0.15) is 0 Å². The lowest BCUT2D eigenvalue weighted by Gasteiger charge is -2.00. The zero-order valence-electron chi connectivity index (χ0n) is 8.83. The third kappa shape index (κ3) is 1.83. The highest BCUT2D eigenvalue weighted by atomic mass is 32.1. The van der Waals surface area contributed by atoms with Crippen LogP contribution in [0.3, 0.4) is 0 Å². The molecule has 3 rings (SSSR count). The number of carbonyl (C=O) groups excluding carboxylic acids is 1. The lowest BCUT2D eigenvalue weighted by molar-refractivity contribution is 0.104. The van der Waals surface area contributed by atoms with Gasteiger partial charge in [-0.1, -0.05) is 6.07 Å². The molecule has 0 unspecified atom stereocenters. The molecule has 0 saturated heterocycles. The van der Waals surface area contributed by atoms with Gasteiger partial charge in [0.25, 0.3) is 0 Å². The third-order valence-electron chi connectivity index (χ3n) is 2.52. The summed E-state index contributed by atoms with van der Waals surface area (Å²) < 4.78 is 0. The molecule has 0 bridgehead atoms. The summed E-state index contributed by atoms with van der Waals surface area (Å²) >= 11 is 1.35. The van der Waals surface area contributed by atoms with Crippen molar-refractivity contribution in [1.82, 2.24) is 9.97 Å². The smallest absolute Gasteiger partial charge is 0.204 e. The summed E-state index contributed by atoms with van der Waals surface area (Å²) in [5, 5.41) is 0.975. The van der Waals surface area contributed by atoms with Crippen LogP contribution in [0.1, 0.15) is 15.2 Å². The van der Waals surface area contributed by atoms with E-state index in [0.717, 1.165) is 10.9 Å². The van der Waals surface area contributed by atoms with Gasteiger partial charge in [-0.3, -0.25) is 14.8 Å². The van der Waals surface area contributed by atoms with Crippen molar-refractivity contribution in [1.29, 1.82) is 0 Å². The summed E-state index contributed by atoms with van der Waals surface area (Å²) in [7, 11) is 0. The molecule has 1 aromatic carbocycles. The van der Waals surface area contributed by atoms with Crippen molar-refractivity contribution in [2.45, 2.75) is 0 Å². The van der Waals surface area contributed by atoms with Crippen LogP contribution < -0.4 is 0 Å². The number of aromatic nitrogens is 2. The van der Waals surface area contributed by atoms with E-state index in [9.17, 15) is 4.79 Å². The number of carbonyl (C=O) groups is 1. The monoisotopic (exact) mass is 240 g/mol. The Hall–Kier alpha value is -2.07. The van der Waals surface area contributed by atoms with E-state index in [4.69, 9.17) is 0 Å². The van der Waals surface area contributed by atoms with Crippen molar-refractivity contribution < 1.29 is 4.79 Å². The highest BCUT2D eigenvalue weighted by Gasteiger charge is 2.10. The summed E-state index contributed by atoms with van der Waals surface area (Å²) in [5.74, 6) is 0.0123. The van der Waals surface area contributed by atoms with Crippen LogP contribution in [-0.2, 0) is 0 Å². The van der Waals surface area contributed by atoms with Crippen LogP contribution in [-0.4, -0.2) is 15.8 Å². The molecule has 2 heterocycles. The maximum atomic E-state index is 12.1. The first-order valence-corrected chi connectivity index (χ1v) is 6.00. The van der Waals surface area contributed by atoms with Crippen LogP contribution in [0.4, 0.5) is 0 Å². The summed E-state index contributed by atoms with van der Waals surface area (Å²) in [6.45, 7) is 0. The van der Waals surface area contributed by atoms with Crippen LogP contribution in [0, 0.1) is 0 Å². The number of hydrogen-bond donors (Lipinski definition) is 0. The Balaban J connectivity index is 2.09. The van der Waals surface area contributed by atoms with Crippen LogP contribution in [0.15, 0.2) is 48.2 Å². The molecule has 2 aromatic heterocycles. The Morgan fingerprint density at radius 3 is 3.00 bits per heavy atom. The Kier molecular flexibility index (Phi) is 2.42. The summed E-state index contributed by atoms with van der Waals surface area (Å²) in [5.41, 5.74) is 3.23. The van der Waals surface area contributed by atoms with Crippen molar-refractivity contribution in [3.63, 3.8) is 0 Å². The van der Waals surface area contributed by atoms with Crippen molar-refractivity contribution in [3.05, 3.63) is 58.7 Å². The zero-order chi connectivity index (χ0) is 11.7. The Labute approximate surface area is 102 Å². The molecule has 17 heavy (non-hydrogen) atoms. The highest BCUT2D eigenvalue weighted by molar-refractivity contribution is 7.11. The fraction of sp³-hybridized carbons (Fsp3) is 0. The van der Waals surface area contributed by atoms with E-state index in [0.29, 0.717) is 10.4 Å². The maximum absolute atomic E-state index is 12.1. The highest BCUT2D eigenvalue weighted by Crippen LogP contribution is 2.18. The van der Waals surface area contributed by atoms with Crippen molar-refractivity contribution in [2.75, 3.05) is 0 Å². The predicted octanol–water partition coefficient (Wildman–Crippen LogP) is 2.92. The number of nitrogens with zero attached hydrogens (tertiary/aromatic N) is 2. The normalized spacial score (nSPS) is 10.6. The van der Waals surface area contributed by atoms with Gasteiger partial charge >= 0.3 is 0 Å². The third-order valence-corrected chi connectivity index (χ3v) is 3.29. The largest absolute Gasteiger partial charge is 0.288 e. The van der Waals surface area contributed by atoms with Gasteiger partial charge in [-0.15, -0.1) is 11.3 Å². The second kappa shape index (κ2) is 4.07. The molecule has 0 amide bonds. The van der Waals surface area contributed by atoms with E-state index in [-0.39, 0.29) is 5.78 Å². The molecule has 4 heteroatoms. The molecular formula is C13H8N2OS. The molecule has 0 N–H and O–H groups in total. The fourth-order valence-corrected chi connectivity index (χ4v) is 2.27.